The molecule has 1 atom stereocenters. The number of likely N-dealkylation sites (tertiary alicyclic amines) is 2. The molecule has 10 nitrogen and oxygen atoms in total. The van der Waals surface area contributed by atoms with Crippen LogP contribution in [0.2, 0.25) is 0 Å². The number of halogens is 1. The summed E-state index contributed by atoms with van der Waals surface area (Å²) in [6.07, 6.45) is 3.17. The highest BCUT2D eigenvalue weighted by atomic mass is 19.1. The van der Waals surface area contributed by atoms with Crippen molar-refractivity contribution in [2.24, 2.45) is 16.3 Å². The number of benzene rings is 2. The van der Waals surface area contributed by atoms with E-state index in [1.807, 2.05) is 55.0 Å². The van der Waals surface area contributed by atoms with Crippen LogP contribution in [-0.2, 0) is 16.1 Å². The highest BCUT2D eigenvalue weighted by Crippen LogP contribution is 2.43. The van der Waals surface area contributed by atoms with Gasteiger partial charge in [-0.3, -0.25) is 9.79 Å². The van der Waals surface area contributed by atoms with Crippen LogP contribution in [0.15, 0.2) is 52.8 Å². The Bertz CT molecular complexity index is 1570. The second kappa shape index (κ2) is 12.4. The first-order valence-corrected chi connectivity index (χ1v) is 16.0. The fourth-order valence-electron chi connectivity index (χ4n) is 7.25. The number of amides is 2. The highest BCUT2D eigenvalue weighted by Gasteiger charge is 2.46. The number of hydrogen-bond donors (Lipinski definition) is 1. The molecule has 1 unspecified atom stereocenters. The summed E-state index contributed by atoms with van der Waals surface area (Å²) in [4.78, 5) is 49.7. The van der Waals surface area contributed by atoms with E-state index in [1.165, 1.54) is 11.0 Å². The summed E-state index contributed by atoms with van der Waals surface area (Å²) >= 11 is 0. The van der Waals surface area contributed by atoms with Gasteiger partial charge in [0.1, 0.15) is 5.82 Å². The first-order chi connectivity index (χ1) is 22.0. The molecule has 2 amide bonds. The number of piperidine rings is 1. The number of hydrogen-bond acceptors (Lipinski definition) is 7. The molecule has 0 aromatic heterocycles. The minimum absolute atomic E-state index is 0.153. The van der Waals surface area contributed by atoms with Gasteiger partial charge in [-0.25, -0.2) is 14.0 Å². The van der Waals surface area contributed by atoms with Crippen LogP contribution in [0.25, 0.3) is 11.1 Å². The fourth-order valence-corrected chi connectivity index (χ4v) is 7.25. The maximum atomic E-state index is 15.5. The zero-order valence-corrected chi connectivity index (χ0v) is 26.8. The van der Waals surface area contributed by atoms with E-state index >= 15 is 4.39 Å². The van der Waals surface area contributed by atoms with Gasteiger partial charge in [0.15, 0.2) is 6.04 Å². The summed E-state index contributed by atoms with van der Waals surface area (Å²) in [6, 6.07) is 9.57. The van der Waals surface area contributed by atoms with Crippen LogP contribution in [0.5, 0.6) is 0 Å². The molecule has 0 radical (unpaired) electrons. The van der Waals surface area contributed by atoms with Crippen molar-refractivity contribution < 1.29 is 28.6 Å². The molecule has 1 spiro atoms. The van der Waals surface area contributed by atoms with E-state index in [-0.39, 0.29) is 34.9 Å². The third-order valence-corrected chi connectivity index (χ3v) is 9.89. The molecule has 0 saturated carbocycles. The van der Waals surface area contributed by atoms with Crippen LogP contribution >= 0.6 is 0 Å². The number of anilines is 1. The summed E-state index contributed by atoms with van der Waals surface area (Å²) in [6.45, 7) is 11.9. The Kier molecular flexibility index (Phi) is 8.52. The summed E-state index contributed by atoms with van der Waals surface area (Å²) in [7, 11) is 1.86. The van der Waals surface area contributed by atoms with Gasteiger partial charge in [-0.2, -0.15) is 0 Å². The van der Waals surface area contributed by atoms with Crippen molar-refractivity contribution in [1.29, 1.82) is 0 Å². The predicted octanol–water partition coefficient (Wildman–Crippen LogP) is 5.23. The zero-order valence-electron chi connectivity index (χ0n) is 26.8. The number of rotatable bonds is 8. The summed E-state index contributed by atoms with van der Waals surface area (Å²) in [5.74, 6) is -1.99. The third-order valence-electron chi connectivity index (χ3n) is 9.89. The number of carbonyl (C=O) groups is 3. The number of carboxylic acid groups (broad SMARTS) is 1. The van der Waals surface area contributed by atoms with Crippen LogP contribution in [0.4, 0.5) is 14.9 Å². The van der Waals surface area contributed by atoms with Gasteiger partial charge in [-0.1, -0.05) is 26.0 Å². The SMILES string of the molecule is C=N/C(=C1/CCCN1C)C(C(=O)O)N1Cc2c(F)cc(-c3ccc(N4CC5(CCN(C(=O)OCC(C)C)CC5)C4)cc3)cc2C1=O. The lowest BCUT2D eigenvalue weighted by atomic mass is 9.72. The van der Waals surface area contributed by atoms with Crippen molar-refractivity contribution in [3.63, 3.8) is 0 Å². The number of carbonyl (C=O) groups excluding carboxylic acids is 2. The van der Waals surface area contributed by atoms with Gasteiger partial charge in [0.2, 0.25) is 0 Å². The van der Waals surface area contributed by atoms with Gasteiger partial charge in [-0.15, -0.1) is 0 Å². The van der Waals surface area contributed by atoms with Gasteiger partial charge >= 0.3 is 12.1 Å². The lowest BCUT2D eigenvalue weighted by molar-refractivity contribution is -0.141. The number of carboxylic acids is 1. The molecule has 2 aromatic carbocycles. The number of nitrogens with zero attached hydrogens (tertiary/aromatic N) is 5. The maximum Gasteiger partial charge on any atom is 0.409 e. The first kappa shape index (κ1) is 31.6. The molecule has 4 heterocycles. The second-order valence-electron chi connectivity index (χ2n) is 13.5. The van der Waals surface area contributed by atoms with Crippen molar-refractivity contribution >= 4 is 30.4 Å². The van der Waals surface area contributed by atoms with E-state index in [2.05, 4.69) is 16.6 Å². The normalized spacial score (nSPS) is 20.6. The van der Waals surface area contributed by atoms with Crippen molar-refractivity contribution in [3.8, 4) is 11.1 Å². The molecule has 6 rings (SSSR count). The largest absolute Gasteiger partial charge is 0.479 e. The number of aliphatic imine (C=N–C) groups is 1. The van der Waals surface area contributed by atoms with E-state index in [4.69, 9.17) is 4.74 Å². The molecule has 3 fully saturated rings. The Morgan fingerprint density at radius 2 is 1.78 bits per heavy atom. The Labute approximate surface area is 269 Å². The van der Waals surface area contributed by atoms with Crippen LogP contribution in [0.1, 0.15) is 55.5 Å². The first-order valence-electron chi connectivity index (χ1n) is 16.0. The van der Waals surface area contributed by atoms with Crippen LogP contribution in [0.3, 0.4) is 0 Å². The van der Waals surface area contributed by atoms with Gasteiger partial charge in [0.25, 0.3) is 5.91 Å². The lowest BCUT2D eigenvalue weighted by Crippen LogP contribution is -2.61. The van der Waals surface area contributed by atoms with Crippen molar-refractivity contribution in [3.05, 3.63) is 64.7 Å². The number of allylic oxidation sites excluding steroid dienone is 1. The Hall–Kier alpha value is -4.41. The minimum Gasteiger partial charge on any atom is -0.479 e. The fraction of sp³-hybridized carbons (Fsp3) is 0.486. The van der Waals surface area contributed by atoms with Gasteiger partial charge in [0, 0.05) is 67.7 Å². The molecule has 0 aliphatic carbocycles. The number of aliphatic carboxylic acids is 1. The molecule has 4 aliphatic heterocycles. The molecule has 2 aromatic rings. The summed E-state index contributed by atoms with van der Waals surface area (Å²) in [5.41, 5.74) is 3.91. The molecular weight excluding hydrogens is 589 g/mol. The molecule has 3 saturated heterocycles. The van der Waals surface area contributed by atoms with E-state index in [0.29, 0.717) is 37.6 Å². The van der Waals surface area contributed by atoms with Crippen LogP contribution in [-0.4, -0.2) is 96.9 Å². The molecule has 0 bridgehead atoms. The maximum absolute atomic E-state index is 15.5. The van der Waals surface area contributed by atoms with Crippen molar-refractivity contribution in [2.45, 2.75) is 52.1 Å². The summed E-state index contributed by atoms with van der Waals surface area (Å²) < 4.78 is 20.9. The molecule has 4 aliphatic rings. The van der Waals surface area contributed by atoms with Crippen molar-refractivity contribution in [1.82, 2.24) is 14.7 Å². The lowest BCUT2D eigenvalue weighted by Gasteiger charge is -2.54. The van der Waals surface area contributed by atoms with Gasteiger partial charge < -0.3 is 29.4 Å². The Morgan fingerprint density at radius 1 is 1.09 bits per heavy atom. The van der Waals surface area contributed by atoms with E-state index in [0.717, 1.165) is 55.8 Å². The number of ether oxygens (including phenoxy) is 1. The van der Waals surface area contributed by atoms with Crippen LogP contribution < -0.4 is 4.90 Å². The standard InChI is InChI=1S/C35H42FN5O5/c1-22(2)19-46-34(45)39-14-11-35(12-15-39)20-40(21-35)25-9-7-23(8-10-25)24-16-26-27(28(36)17-24)18-41(32(26)42)31(33(43)44)30(37-3)29-6-5-13-38(29)4/h7-10,16-17,22,31H,3,5-6,11-15,18-21H2,1-2,4H3,(H,43,44)/b30-29-. The summed E-state index contributed by atoms with van der Waals surface area (Å²) in [5, 5.41) is 10.2. The Morgan fingerprint density at radius 3 is 2.37 bits per heavy atom. The minimum atomic E-state index is -1.36. The zero-order chi connectivity index (χ0) is 32.7. The number of fused-ring (bicyclic) bond motifs is 1. The van der Waals surface area contributed by atoms with E-state index in [1.54, 1.807) is 6.07 Å². The molecular formula is C35H42FN5O5. The molecule has 1 N–H and O–H groups in total. The van der Waals surface area contributed by atoms with E-state index in [9.17, 15) is 19.5 Å². The monoisotopic (exact) mass is 631 g/mol. The average molecular weight is 632 g/mol. The molecule has 244 valence electrons. The smallest absolute Gasteiger partial charge is 0.409 e. The van der Waals surface area contributed by atoms with Crippen molar-refractivity contribution in [2.75, 3.05) is 51.3 Å². The van der Waals surface area contributed by atoms with E-state index < -0.39 is 23.7 Å². The quantitative estimate of drug-likeness (QED) is 0.398. The molecule has 46 heavy (non-hydrogen) atoms. The topological polar surface area (TPSA) is 106 Å². The average Bonchev–Trinajstić information content (AvgIpc) is 3.59. The second-order valence-corrected chi connectivity index (χ2v) is 13.5. The predicted molar refractivity (Wildman–Crippen MR) is 173 cm³/mol. The highest BCUT2D eigenvalue weighted by molar-refractivity contribution is 6.02. The third kappa shape index (κ3) is 5.83. The van der Waals surface area contributed by atoms with Gasteiger partial charge in [-0.05, 0) is 73.7 Å². The Balaban J connectivity index is 1.12. The van der Waals surface area contributed by atoms with Gasteiger partial charge in [0.05, 0.1) is 18.8 Å². The van der Waals surface area contributed by atoms with Crippen LogP contribution in [0, 0.1) is 17.2 Å². The molecule has 11 heteroatoms.